The highest BCUT2D eigenvalue weighted by Crippen LogP contribution is 2.19. The third-order valence-electron chi connectivity index (χ3n) is 2.69. The van der Waals surface area contributed by atoms with Crippen molar-refractivity contribution in [2.24, 2.45) is 7.05 Å². The van der Waals surface area contributed by atoms with Crippen molar-refractivity contribution in [3.8, 4) is 0 Å². The molecule has 1 atom stereocenters. The average Bonchev–Trinajstić information content (AvgIpc) is 2.85. The Labute approximate surface area is 94.5 Å². The molecule has 0 aromatic carbocycles. The summed E-state index contributed by atoms with van der Waals surface area (Å²) < 4.78 is 7.10. The van der Waals surface area contributed by atoms with E-state index in [1.807, 2.05) is 27.1 Å². The molecule has 1 N–H and O–H groups in total. The zero-order chi connectivity index (χ0) is 11.5. The minimum Gasteiger partial charge on any atom is -0.469 e. The molecule has 2 aromatic heterocycles. The molecular formula is C11H16N4O. The van der Waals surface area contributed by atoms with Crippen LogP contribution < -0.4 is 5.32 Å². The predicted octanol–water partition coefficient (Wildman–Crippen LogP) is 1.22. The summed E-state index contributed by atoms with van der Waals surface area (Å²) in [6.45, 7) is 1.94. The molecule has 5 nitrogen and oxygen atoms in total. The standard InChI is InChI=1S/C11H16N4O/c1-8-4-9(6-16-8)10(12-2)5-11-13-7-14-15(11)3/h4,6-7,10,12H,5H2,1-3H3. The fraction of sp³-hybridized carbons (Fsp3) is 0.455. The number of furan rings is 1. The second-order valence-corrected chi connectivity index (χ2v) is 3.84. The minimum absolute atomic E-state index is 0.209. The second kappa shape index (κ2) is 4.49. The van der Waals surface area contributed by atoms with Crippen molar-refractivity contribution in [3.63, 3.8) is 0 Å². The molecule has 2 heterocycles. The zero-order valence-corrected chi connectivity index (χ0v) is 9.77. The van der Waals surface area contributed by atoms with Crippen LogP contribution in [0.2, 0.25) is 0 Å². The van der Waals surface area contributed by atoms with E-state index in [0.717, 1.165) is 23.6 Å². The maximum Gasteiger partial charge on any atom is 0.138 e. The summed E-state index contributed by atoms with van der Waals surface area (Å²) in [5.41, 5.74) is 1.14. The quantitative estimate of drug-likeness (QED) is 0.841. The molecule has 0 aliphatic carbocycles. The van der Waals surface area contributed by atoms with E-state index in [9.17, 15) is 0 Å². The fourth-order valence-corrected chi connectivity index (χ4v) is 1.72. The number of hydrogen-bond acceptors (Lipinski definition) is 4. The van der Waals surface area contributed by atoms with Gasteiger partial charge in [0.05, 0.1) is 6.26 Å². The van der Waals surface area contributed by atoms with Crippen LogP contribution in [0.1, 0.15) is 23.2 Å². The Bertz CT molecular complexity index is 460. The van der Waals surface area contributed by atoms with Gasteiger partial charge in [-0.2, -0.15) is 5.10 Å². The molecule has 1 unspecified atom stereocenters. The molecular weight excluding hydrogens is 204 g/mol. The van der Waals surface area contributed by atoms with Gasteiger partial charge in [-0.1, -0.05) is 0 Å². The molecule has 0 aliphatic heterocycles. The van der Waals surface area contributed by atoms with Crippen LogP contribution in [-0.4, -0.2) is 21.8 Å². The maximum atomic E-state index is 5.31. The monoisotopic (exact) mass is 220 g/mol. The van der Waals surface area contributed by atoms with E-state index in [-0.39, 0.29) is 6.04 Å². The molecule has 0 bridgehead atoms. The van der Waals surface area contributed by atoms with Crippen LogP contribution in [0.25, 0.3) is 0 Å². The molecule has 5 heteroatoms. The van der Waals surface area contributed by atoms with Gasteiger partial charge >= 0.3 is 0 Å². The predicted molar refractivity (Wildman–Crippen MR) is 60.0 cm³/mol. The first-order valence-corrected chi connectivity index (χ1v) is 5.26. The number of nitrogens with one attached hydrogen (secondary N) is 1. The first-order valence-electron chi connectivity index (χ1n) is 5.26. The van der Waals surface area contributed by atoms with Gasteiger partial charge in [0.25, 0.3) is 0 Å². The first kappa shape index (κ1) is 10.9. The van der Waals surface area contributed by atoms with Crippen LogP contribution in [0.5, 0.6) is 0 Å². The van der Waals surface area contributed by atoms with Gasteiger partial charge in [-0.25, -0.2) is 4.98 Å². The summed E-state index contributed by atoms with van der Waals surface area (Å²) in [4.78, 5) is 4.22. The number of aryl methyl sites for hydroxylation is 2. The van der Waals surface area contributed by atoms with Gasteiger partial charge in [-0.3, -0.25) is 4.68 Å². The van der Waals surface area contributed by atoms with Gasteiger partial charge in [0.2, 0.25) is 0 Å². The summed E-state index contributed by atoms with van der Waals surface area (Å²) in [6, 6.07) is 2.25. The largest absolute Gasteiger partial charge is 0.469 e. The van der Waals surface area contributed by atoms with E-state index in [1.54, 1.807) is 17.3 Å². The molecule has 0 spiro atoms. The van der Waals surface area contributed by atoms with Crippen molar-refractivity contribution in [1.82, 2.24) is 20.1 Å². The molecule has 86 valence electrons. The Morgan fingerprint density at radius 3 is 2.88 bits per heavy atom. The highest BCUT2D eigenvalue weighted by atomic mass is 16.3. The number of nitrogens with zero attached hydrogens (tertiary/aromatic N) is 3. The van der Waals surface area contributed by atoms with Gasteiger partial charge < -0.3 is 9.73 Å². The van der Waals surface area contributed by atoms with E-state index < -0.39 is 0 Å². The topological polar surface area (TPSA) is 55.9 Å². The minimum atomic E-state index is 0.209. The maximum absolute atomic E-state index is 5.31. The lowest BCUT2D eigenvalue weighted by molar-refractivity contribution is 0.513. The van der Waals surface area contributed by atoms with Crippen molar-refractivity contribution in [2.45, 2.75) is 19.4 Å². The normalized spacial score (nSPS) is 12.9. The van der Waals surface area contributed by atoms with Crippen LogP contribution in [0.15, 0.2) is 23.1 Å². The van der Waals surface area contributed by atoms with Crippen LogP contribution in [0.3, 0.4) is 0 Å². The molecule has 2 rings (SSSR count). The van der Waals surface area contributed by atoms with Crippen LogP contribution in [0, 0.1) is 6.92 Å². The highest BCUT2D eigenvalue weighted by Gasteiger charge is 2.14. The molecule has 0 saturated heterocycles. The van der Waals surface area contributed by atoms with E-state index in [4.69, 9.17) is 4.42 Å². The highest BCUT2D eigenvalue weighted by molar-refractivity contribution is 5.17. The SMILES string of the molecule is CNC(Cc1ncnn1C)c1coc(C)c1. The summed E-state index contributed by atoms with van der Waals surface area (Å²) in [5, 5.41) is 7.31. The lowest BCUT2D eigenvalue weighted by Crippen LogP contribution is -2.20. The molecule has 0 amide bonds. The van der Waals surface area contributed by atoms with Crippen molar-refractivity contribution in [3.05, 3.63) is 35.8 Å². The number of rotatable bonds is 4. The van der Waals surface area contributed by atoms with Crippen LogP contribution >= 0.6 is 0 Å². The van der Waals surface area contributed by atoms with Crippen molar-refractivity contribution >= 4 is 0 Å². The number of aromatic nitrogens is 3. The Hall–Kier alpha value is -1.62. The van der Waals surface area contributed by atoms with E-state index >= 15 is 0 Å². The van der Waals surface area contributed by atoms with Gasteiger partial charge in [-0.15, -0.1) is 0 Å². The molecule has 2 aromatic rings. The zero-order valence-electron chi connectivity index (χ0n) is 9.77. The lowest BCUT2D eigenvalue weighted by atomic mass is 10.1. The summed E-state index contributed by atoms with van der Waals surface area (Å²) in [6.07, 6.45) is 4.15. The van der Waals surface area contributed by atoms with Gasteiger partial charge in [0.1, 0.15) is 17.9 Å². The Morgan fingerprint density at radius 2 is 2.38 bits per heavy atom. The molecule has 0 saturated carbocycles. The van der Waals surface area contributed by atoms with Crippen molar-refractivity contribution < 1.29 is 4.42 Å². The van der Waals surface area contributed by atoms with E-state index in [2.05, 4.69) is 15.4 Å². The van der Waals surface area contributed by atoms with E-state index in [1.165, 1.54) is 0 Å². The van der Waals surface area contributed by atoms with Gasteiger partial charge in [-0.05, 0) is 20.0 Å². The summed E-state index contributed by atoms with van der Waals surface area (Å²) >= 11 is 0. The summed E-state index contributed by atoms with van der Waals surface area (Å²) in [7, 11) is 3.83. The second-order valence-electron chi connectivity index (χ2n) is 3.84. The first-order chi connectivity index (χ1) is 7.70. The van der Waals surface area contributed by atoms with E-state index in [0.29, 0.717) is 0 Å². The molecule has 0 radical (unpaired) electrons. The third kappa shape index (κ3) is 2.14. The van der Waals surface area contributed by atoms with Crippen molar-refractivity contribution in [2.75, 3.05) is 7.05 Å². The van der Waals surface area contributed by atoms with Crippen LogP contribution in [0.4, 0.5) is 0 Å². The van der Waals surface area contributed by atoms with Gasteiger partial charge in [0.15, 0.2) is 0 Å². The third-order valence-corrected chi connectivity index (χ3v) is 2.69. The smallest absolute Gasteiger partial charge is 0.138 e. The van der Waals surface area contributed by atoms with Gasteiger partial charge in [0, 0.05) is 25.1 Å². The summed E-state index contributed by atoms with van der Waals surface area (Å²) in [5.74, 6) is 1.88. The molecule has 16 heavy (non-hydrogen) atoms. The fourth-order valence-electron chi connectivity index (χ4n) is 1.72. The Morgan fingerprint density at radius 1 is 1.56 bits per heavy atom. The van der Waals surface area contributed by atoms with Crippen LogP contribution in [-0.2, 0) is 13.5 Å². The number of hydrogen-bond donors (Lipinski definition) is 1. The lowest BCUT2D eigenvalue weighted by Gasteiger charge is -2.13. The Balaban J connectivity index is 2.15. The molecule has 0 fully saturated rings. The van der Waals surface area contributed by atoms with Crippen molar-refractivity contribution in [1.29, 1.82) is 0 Å². The molecule has 0 aliphatic rings. The number of likely N-dealkylation sites (N-methyl/N-ethyl adjacent to an activating group) is 1. The Kier molecular flexibility index (Phi) is 3.05. The average molecular weight is 220 g/mol.